The molecule has 3 fully saturated rings. The number of hydrogen-bond donors (Lipinski definition) is 4. The average molecular weight is 629 g/mol. The summed E-state index contributed by atoms with van der Waals surface area (Å²) in [6.07, 6.45) is 6.69. The number of aliphatic hydroxyl groups excluding tert-OH is 2. The van der Waals surface area contributed by atoms with E-state index in [1.807, 2.05) is 0 Å². The van der Waals surface area contributed by atoms with Crippen LogP contribution in [0.15, 0.2) is 42.5 Å². The van der Waals surface area contributed by atoms with Crippen LogP contribution in [0.25, 0.3) is 11.1 Å². The zero-order valence-corrected chi connectivity index (χ0v) is 29.9. The van der Waals surface area contributed by atoms with Crippen molar-refractivity contribution in [1.82, 2.24) is 10.6 Å². The molecular weight excluding hydrogens is 564 g/mol. The van der Waals surface area contributed by atoms with Crippen LogP contribution >= 0.6 is 0 Å². The summed E-state index contributed by atoms with van der Waals surface area (Å²) in [7, 11) is 0. The van der Waals surface area contributed by atoms with E-state index in [4.69, 9.17) is 0 Å². The minimum absolute atomic E-state index is 0.230. The molecule has 2 heterocycles. The first kappa shape index (κ1) is 34.2. The number of benzene rings is 2. The Balaban J connectivity index is 1.34. The molecule has 46 heavy (non-hydrogen) atoms. The van der Waals surface area contributed by atoms with E-state index >= 15 is 0 Å². The van der Waals surface area contributed by atoms with E-state index in [0.717, 1.165) is 51.6 Å². The second kappa shape index (κ2) is 14.4. The van der Waals surface area contributed by atoms with Crippen LogP contribution < -0.4 is 10.6 Å². The van der Waals surface area contributed by atoms with E-state index < -0.39 is 0 Å². The molecule has 0 radical (unpaired) electrons. The molecule has 2 saturated heterocycles. The molecule has 0 amide bonds. The zero-order chi connectivity index (χ0) is 32.7. The van der Waals surface area contributed by atoms with E-state index in [2.05, 4.69) is 102 Å². The minimum atomic E-state index is -0.305. The van der Waals surface area contributed by atoms with Gasteiger partial charge >= 0.3 is 0 Å². The number of rotatable bonds is 10. The van der Waals surface area contributed by atoms with Gasteiger partial charge in [-0.2, -0.15) is 0 Å². The zero-order valence-electron chi connectivity index (χ0n) is 29.9. The highest BCUT2D eigenvalue weighted by Gasteiger charge is 2.51. The monoisotopic (exact) mass is 628 g/mol. The van der Waals surface area contributed by atoms with Crippen molar-refractivity contribution in [2.24, 2.45) is 47.3 Å². The first-order valence-electron chi connectivity index (χ1n) is 19.1. The van der Waals surface area contributed by atoms with Crippen molar-refractivity contribution in [3.05, 3.63) is 59.2 Å². The van der Waals surface area contributed by atoms with Crippen LogP contribution in [0.3, 0.4) is 0 Å². The van der Waals surface area contributed by atoms with Crippen LogP contribution in [-0.2, 0) is 6.42 Å². The molecule has 4 aliphatic rings. The summed E-state index contributed by atoms with van der Waals surface area (Å²) in [5.74, 6) is 5.48. The average Bonchev–Trinajstić information content (AvgIpc) is 3.78. The van der Waals surface area contributed by atoms with Crippen molar-refractivity contribution in [2.75, 3.05) is 13.1 Å². The standard InChI is InChI=1S/C42H64N2O2/c1-24(2)40-27(6)34(23-39(46)37-15-11-19-44-37)28(7)42(41(40)25(3)4)26(5)29-16-17-33-31(22-38(45)36-14-10-18-43-36)20-30-12-8-9-13-32(30)35(33)21-29/h8-9,12-13,16-17,21,24-28,31,34,36-46H,10-11,14-15,18-20,22-23H2,1-7H3/t26?,27?,28?,31?,34-,36-,37-,38+,39+,40?,41?,42?/m0/s1. The second-order valence-corrected chi connectivity index (χ2v) is 16.8. The Morgan fingerprint density at radius 1 is 0.717 bits per heavy atom. The van der Waals surface area contributed by atoms with Gasteiger partial charge in [0, 0.05) is 12.1 Å². The van der Waals surface area contributed by atoms with E-state index in [-0.39, 0.29) is 24.3 Å². The molecule has 4 N–H and O–H groups in total. The van der Waals surface area contributed by atoms with Crippen LogP contribution in [0.2, 0.25) is 0 Å². The third-order valence-corrected chi connectivity index (χ3v) is 13.6. The van der Waals surface area contributed by atoms with Gasteiger partial charge in [-0.3, -0.25) is 0 Å². The van der Waals surface area contributed by atoms with Gasteiger partial charge in [0.05, 0.1) is 12.2 Å². The summed E-state index contributed by atoms with van der Waals surface area (Å²) in [6.45, 7) is 19.5. The highest BCUT2D eigenvalue weighted by atomic mass is 16.3. The predicted octanol–water partition coefficient (Wildman–Crippen LogP) is 8.17. The highest BCUT2D eigenvalue weighted by molar-refractivity contribution is 5.75. The number of hydrogen-bond acceptors (Lipinski definition) is 4. The third kappa shape index (κ3) is 6.63. The molecule has 2 aromatic carbocycles. The lowest BCUT2D eigenvalue weighted by Gasteiger charge is -2.56. The summed E-state index contributed by atoms with van der Waals surface area (Å²) in [5.41, 5.74) is 7.07. The maximum Gasteiger partial charge on any atom is 0.0699 e. The molecule has 7 unspecified atom stereocenters. The van der Waals surface area contributed by atoms with Crippen molar-refractivity contribution in [3.8, 4) is 11.1 Å². The normalized spacial score (nSPS) is 34.8. The first-order valence-corrected chi connectivity index (χ1v) is 19.1. The molecule has 2 aliphatic carbocycles. The van der Waals surface area contributed by atoms with Gasteiger partial charge in [0.2, 0.25) is 0 Å². The lowest BCUT2D eigenvalue weighted by Crippen LogP contribution is -2.51. The molecular formula is C42H64N2O2. The van der Waals surface area contributed by atoms with Crippen molar-refractivity contribution in [1.29, 1.82) is 0 Å². The summed E-state index contributed by atoms with van der Waals surface area (Å²) < 4.78 is 0. The Labute approximate surface area is 280 Å². The van der Waals surface area contributed by atoms with Gasteiger partial charge in [0.25, 0.3) is 0 Å². The summed E-state index contributed by atoms with van der Waals surface area (Å²) in [6, 6.07) is 16.9. The Morgan fingerprint density at radius 2 is 1.33 bits per heavy atom. The quantitative estimate of drug-likeness (QED) is 0.214. The molecule has 12 atom stereocenters. The van der Waals surface area contributed by atoms with Gasteiger partial charge in [-0.1, -0.05) is 90.9 Å². The van der Waals surface area contributed by atoms with Gasteiger partial charge < -0.3 is 20.8 Å². The predicted molar refractivity (Wildman–Crippen MR) is 192 cm³/mol. The van der Waals surface area contributed by atoms with Crippen LogP contribution in [0.1, 0.15) is 116 Å². The van der Waals surface area contributed by atoms with Gasteiger partial charge in [-0.05, 0) is 145 Å². The summed E-state index contributed by atoms with van der Waals surface area (Å²) in [4.78, 5) is 0. The van der Waals surface area contributed by atoms with Gasteiger partial charge in [0.1, 0.15) is 0 Å². The third-order valence-electron chi connectivity index (χ3n) is 13.6. The fourth-order valence-electron chi connectivity index (χ4n) is 11.4. The molecule has 1 saturated carbocycles. The van der Waals surface area contributed by atoms with Crippen LogP contribution in [0, 0.1) is 47.3 Å². The maximum atomic E-state index is 11.5. The fourth-order valence-corrected chi connectivity index (χ4v) is 11.4. The van der Waals surface area contributed by atoms with Crippen molar-refractivity contribution in [3.63, 3.8) is 0 Å². The fraction of sp³-hybridized carbons (Fsp3) is 0.714. The van der Waals surface area contributed by atoms with Crippen molar-refractivity contribution < 1.29 is 10.2 Å². The molecule has 2 aliphatic heterocycles. The van der Waals surface area contributed by atoms with E-state index in [1.54, 1.807) is 0 Å². The SMILES string of the molecule is CC(C)C1C(C(C)C)C(C)[C@H](C[C@@H](O)[C@@H]2CCCN2)C(C)C1C(C)c1ccc2c(c1)-c1ccccc1CC2C[C@@H](O)[C@@H]1CCCN1. The van der Waals surface area contributed by atoms with Gasteiger partial charge in [-0.25, -0.2) is 0 Å². The molecule has 0 spiro atoms. The molecule has 2 aromatic rings. The van der Waals surface area contributed by atoms with Crippen molar-refractivity contribution in [2.45, 2.75) is 130 Å². The number of aliphatic hydroxyl groups is 2. The lowest BCUT2D eigenvalue weighted by atomic mass is 9.49. The Kier molecular flexibility index (Phi) is 10.7. The molecule has 0 bridgehead atoms. The van der Waals surface area contributed by atoms with E-state index in [9.17, 15) is 10.2 Å². The number of fused-ring (bicyclic) bond motifs is 3. The van der Waals surface area contributed by atoms with E-state index in [1.165, 1.54) is 34.2 Å². The van der Waals surface area contributed by atoms with Crippen molar-refractivity contribution >= 4 is 0 Å². The smallest absolute Gasteiger partial charge is 0.0699 e. The first-order chi connectivity index (χ1) is 22.1. The highest BCUT2D eigenvalue weighted by Crippen LogP contribution is 2.57. The topological polar surface area (TPSA) is 64.5 Å². The number of nitrogens with one attached hydrogen (secondary N) is 2. The van der Waals surface area contributed by atoms with Gasteiger partial charge in [-0.15, -0.1) is 0 Å². The minimum Gasteiger partial charge on any atom is -0.391 e. The second-order valence-electron chi connectivity index (χ2n) is 16.8. The molecule has 4 nitrogen and oxygen atoms in total. The van der Waals surface area contributed by atoms with Crippen LogP contribution in [0.5, 0.6) is 0 Å². The Hall–Kier alpha value is -1.72. The summed E-state index contributed by atoms with van der Waals surface area (Å²) >= 11 is 0. The maximum absolute atomic E-state index is 11.5. The Bertz CT molecular complexity index is 1290. The summed E-state index contributed by atoms with van der Waals surface area (Å²) in [5, 5.41) is 29.9. The molecule has 254 valence electrons. The molecule has 0 aromatic heterocycles. The largest absolute Gasteiger partial charge is 0.391 e. The molecule has 6 rings (SSSR count). The van der Waals surface area contributed by atoms with Gasteiger partial charge in [0.15, 0.2) is 0 Å². The molecule has 4 heteroatoms. The van der Waals surface area contributed by atoms with E-state index in [0.29, 0.717) is 59.2 Å². The van der Waals surface area contributed by atoms with Crippen LogP contribution in [0.4, 0.5) is 0 Å². The lowest BCUT2D eigenvalue weighted by molar-refractivity contribution is -0.0731. The van der Waals surface area contributed by atoms with Crippen LogP contribution in [-0.4, -0.2) is 47.6 Å². The Morgan fingerprint density at radius 3 is 1.93 bits per heavy atom.